The SMILES string of the molecule is CCNC(=O)Nc1ccc2ncc(Nc3ccc(F)c([N+](=O)[O-])c3)nc2n1. The van der Waals surface area contributed by atoms with Crippen molar-refractivity contribution in [3.8, 4) is 0 Å². The molecule has 0 fully saturated rings. The van der Waals surface area contributed by atoms with E-state index in [-0.39, 0.29) is 23.0 Å². The Bertz CT molecular complexity index is 1030. The maximum absolute atomic E-state index is 13.4. The number of hydrogen-bond donors (Lipinski definition) is 3. The number of carbonyl (C=O) groups excluding carboxylic acids is 1. The highest BCUT2D eigenvalue weighted by Gasteiger charge is 2.15. The summed E-state index contributed by atoms with van der Waals surface area (Å²) < 4.78 is 13.4. The van der Waals surface area contributed by atoms with Crippen molar-refractivity contribution in [1.29, 1.82) is 0 Å². The first-order valence-corrected chi connectivity index (χ1v) is 7.86. The molecule has 2 aromatic heterocycles. The quantitative estimate of drug-likeness (QED) is 0.463. The molecular formula is C16H14FN7O3. The summed E-state index contributed by atoms with van der Waals surface area (Å²) in [4.78, 5) is 34.2. The number of pyridine rings is 1. The largest absolute Gasteiger partial charge is 0.339 e. The molecule has 3 N–H and O–H groups in total. The molecule has 3 rings (SSSR count). The minimum Gasteiger partial charge on any atom is -0.339 e. The number of benzene rings is 1. The molecule has 0 radical (unpaired) electrons. The lowest BCUT2D eigenvalue weighted by Gasteiger charge is -2.08. The second-order valence-corrected chi connectivity index (χ2v) is 5.33. The van der Waals surface area contributed by atoms with Gasteiger partial charge in [-0.3, -0.25) is 15.4 Å². The zero-order valence-electron chi connectivity index (χ0n) is 14.1. The minimum atomic E-state index is -0.933. The van der Waals surface area contributed by atoms with E-state index in [0.29, 0.717) is 12.1 Å². The molecule has 0 aliphatic rings. The zero-order chi connectivity index (χ0) is 19.4. The number of carbonyl (C=O) groups is 1. The van der Waals surface area contributed by atoms with Crippen molar-refractivity contribution in [3.63, 3.8) is 0 Å². The normalized spacial score (nSPS) is 10.4. The summed E-state index contributed by atoms with van der Waals surface area (Å²) in [6.07, 6.45) is 1.41. The number of nitro benzene ring substituents is 1. The van der Waals surface area contributed by atoms with Crippen LogP contribution in [0.1, 0.15) is 6.92 Å². The van der Waals surface area contributed by atoms with Gasteiger partial charge in [0, 0.05) is 18.3 Å². The first kappa shape index (κ1) is 17.9. The van der Waals surface area contributed by atoms with Crippen molar-refractivity contribution in [2.24, 2.45) is 0 Å². The molecule has 0 atom stereocenters. The van der Waals surface area contributed by atoms with Crippen LogP contribution in [0.4, 0.5) is 32.2 Å². The Balaban J connectivity index is 1.86. The summed E-state index contributed by atoms with van der Waals surface area (Å²) >= 11 is 0. The van der Waals surface area contributed by atoms with E-state index in [2.05, 4.69) is 30.9 Å². The van der Waals surface area contributed by atoms with Gasteiger partial charge in [0.05, 0.1) is 11.1 Å². The molecular weight excluding hydrogens is 357 g/mol. The third-order valence-electron chi connectivity index (χ3n) is 3.40. The summed E-state index contributed by atoms with van der Waals surface area (Å²) in [6.45, 7) is 2.26. The summed E-state index contributed by atoms with van der Waals surface area (Å²) in [6, 6.07) is 6.22. The molecule has 1 aromatic carbocycles. The summed E-state index contributed by atoms with van der Waals surface area (Å²) in [7, 11) is 0. The van der Waals surface area contributed by atoms with Crippen molar-refractivity contribution in [1.82, 2.24) is 20.3 Å². The Hall–Kier alpha value is -3.89. The van der Waals surface area contributed by atoms with Gasteiger partial charge in [-0.25, -0.2) is 19.7 Å². The van der Waals surface area contributed by atoms with Gasteiger partial charge in [-0.05, 0) is 31.2 Å². The lowest BCUT2D eigenvalue weighted by molar-refractivity contribution is -0.387. The van der Waals surface area contributed by atoms with Gasteiger partial charge in [0.2, 0.25) is 5.82 Å². The molecule has 3 aromatic rings. The van der Waals surface area contributed by atoms with Crippen LogP contribution in [0.25, 0.3) is 11.2 Å². The van der Waals surface area contributed by atoms with Crippen LogP contribution in [0.3, 0.4) is 0 Å². The van der Waals surface area contributed by atoms with Crippen LogP contribution in [0.2, 0.25) is 0 Å². The van der Waals surface area contributed by atoms with E-state index >= 15 is 0 Å². The molecule has 0 aliphatic heterocycles. The predicted molar refractivity (Wildman–Crippen MR) is 96.4 cm³/mol. The molecule has 0 spiro atoms. The third kappa shape index (κ3) is 4.21. The van der Waals surface area contributed by atoms with E-state index in [4.69, 9.17) is 0 Å². The molecule has 138 valence electrons. The lowest BCUT2D eigenvalue weighted by Crippen LogP contribution is -2.28. The van der Waals surface area contributed by atoms with E-state index in [1.807, 2.05) is 0 Å². The van der Waals surface area contributed by atoms with E-state index in [0.717, 1.165) is 12.1 Å². The van der Waals surface area contributed by atoms with Crippen LogP contribution in [0.15, 0.2) is 36.5 Å². The first-order valence-electron chi connectivity index (χ1n) is 7.86. The number of anilines is 3. The van der Waals surface area contributed by atoms with Gasteiger partial charge >= 0.3 is 11.7 Å². The monoisotopic (exact) mass is 371 g/mol. The number of nitro groups is 1. The van der Waals surface area contributed by atoms with E-state index in [1.54, 1.807) is 19.1 Å². The topological polar surface area (TPSA) is 135 Å². The summed E-state index contributed by atoms with van der Waals surface area (Å²) in [5.41, 5.74) is 0.367. The van der Waals surface area contributed by atoms with Crippen LogP contribution in [0.5, 0.6) is 0 Å². The number of nitrogens with zero attached hydrogens (tertiary/aromatic N) is 4. The summed E-state index contributed by atoms with van der Waals surface area (Å²) in [5.74, 6) is -0.388. The second kappa shape index (κ2) is 7.56. The molecule has 0 aliphatic carbocycles. The fraction of sp³-hybridized carbons (Fsp3) is 0.125. The Morgan fingerprint density at radius 2 is 2.00 bits per heavy atom. The van der Waals surface area contributed by atoms with Crippen molar-refractivity contribution in [2.45, 2.75) is 6.92 Å². The number of rotatable bonds is 5. The predicted octanol–water partition coefficient (Wildman–Crippen LogP) is 2.96. The lowest BCUT2D eigenvalue weighted by atomic mass is 10.2. The molecule has 2 amide bonds. The fourth-order valence-electron chi connectivity index (χ4n) is 2.23. The molecule has 0 saturated carbocycles. The highest BCUT2D eigenvalue weighted by Crippen LogP contribution is 2.24. The highest BCUT2D eigenvalue weighted by molar-refractivity contribution is 5.89. The van der Waals surface area contributed by atoms with Crippen molar-refractivity contribution in [3.05, 3.63) is 52.5 Å². The summed E-state index contributed by atoms with van der Waals surface area (Å²) in [5, 5.41) is 18.8. The molecule has 0 unspecified atom stereocenters. The van der Waals surface area contributed by atoms with Gasteiger partial charge in [0.1, 0.15) is 11.3 Å². The van der Waals surface area contributed by atoms with Gasteiger partial charge in [0.15, 0.2) is 11.5 Å². The Morgan fingerprint density at radius 1 is 1.22 bits per heavy atom. The van der Waals surface area contributed by atoms with Crippen LogP contribution in [0, 0.1) is 15.9 Å². The smallest absolute Gasteiger partial charge is 0.320 e. The second-order valence-electron chi connectivity index (χ2n) is 5.33. The van der Waals surface area contributed by atoms with Gasteiger partial charge in [-0.2, -0.15) is 4.39 Å². The van der Waals surface area contributed by atoms with Crippen LogP contribution < -0.4 is 16.0 Å². The first-order chi connectivity index (χ1) is 13.0. The number of urea groups is 1. The van der Waals surface area contributed by atoms with E-state index in [1.165, 1.54) is 12.3 Å². The fourth-order valence-corrected chi connectivity index (χ4v) is 2.23. The highest BCUT2D eigenvalue weighted by atomic mass is 19.1. The van der Waals surface area contributed by atoms with Gasteiger partial charge in [0.25, 0.3) is 0 Å². The number of aromatic nitrogens is 3. The minimum absolute atomic E-state index is 0.255. The number of amides is 2. The maximum Gasteiger partial charge on any atom is 0.320 e. The van der Waals surface area contributed by atoms with Crippen LogP contribution in [-0.4, -0.2) is 32.5 Å². The number of halogens is 1. The molecule has 11 heteroatoms. The van der Waals surface area contributed by atoms with Crippen molar-refractivity contribution in [2.75, 3.05) is 17.2 Å². The van der Waals surface area contributed by atoms with Crippen molar-refractivity contribution >= 4 is 40.2 Å². The Labute approximate surface area is 152 Å². The van der Waals surface area contributed by atoms with Crippen LogP contribution >= 0.6 is 0 Å². The standard InChI is InChI=1S/C16H14FN7O3/c1-2-18-16(25)23-13-6-5-11-15(21-13)22-14(8-19-11)20-9-3-4-10(17)12(7-9)24(26)27/h3-8H,2H2,1H3,(H3,18,20,21,22,23,25). The van der Waals surface area contributed by atoms with Crippen molar-refractivity contribution < 1.29 is 14.1 Å². The Morgan fingerprint density at radius 3 is 2.74 bits per heavy atom. The molecule has 10 nitrogen and oxygen atoms in total. The average molecular weight is 371 g/mol. The van der Waals surface area contributed by atoms with Gasteiger partial charge in [-0.15, -0.1) is 0 Å². The average Bonchev–Trinajstić information content (AvgIpc) is 2.63. The molecule has 27 heavy (non-hydrogen) atoms. The Kier molecular flexibility index (Phi) is 5.01. The van der Waals surface area contributed by atoms with Gasteiger partial charge in [-0.1, -0.05) is 0 Å². The number of nitrogens with one attached hydrogen (secondary N) is 3. The number of fused-ring (bicyclic) bond motifs is 1. The number of hydrogen-bond acceptors (Lipinski definition) is 7. The van der Waals surface area contributed by atoms with E-state index in [9.17, 15) is 19.3 Å². The molecule has 2 heterocycles. The third-order valence-corrected chi connectivity index (χ3v) is 3.40. The zero-order valence-corrected chi connectivity index (χ0v) is 14.1. The molecule has 0 bridgehead atoms. The van der Waals surface area contributed by atoms with Gasteiger partial charge < -0.3 is 10.6 Å². The van der Waals surface area contributed by atoms with Crippen LogP contribution in [-0.2, 0) is 0 Å². The molecule has 0 saturated heterocycles. The maximum atomic E-state index is 13.4. The van der Waals surface area contributed by atoms with E-state index < -0.39 is 22.5 Å².